The number of methoxy groups -OCH3 is 1. The fourth-order valence-corrected chi connectivity index (χ4v) is 6.04. The molecule has 0 unspecified atom stereocenters. The van der Waals surface area contributed by atoms with Crippen LogP contribution in [0.3, 0.4) is 0 Å². The summed E-state index contributed by atoms with van der Waals surface area (Å²) in [5, 5.41) is 0.862. The lowest BCUT2D eigenvalue weighted by molar-refractivity contribution is 0.0596. The second kappa shape index (κ2) is 10.7. The fourth-order valence-electron chi connectivity index (χ4n) is 4.44. The van der Waals surface area contributed by atoms with Crippen molar-refractivity contribution in [3.63, 3.8) is 0 Å². The molecule has 3 aromatic carbocycles. The van der Waals surface area contributed by atoms with Crippen LogP contribution in [0.2, 0.25) is 0 Å². The second-order valence-corrected chi connectivity index (χ2v) is 11.1. The normalized spacial score (nSPS) is 11.7. The number of fused-ring (bicyclic) bond motifs is 1. The van der Waals surface area contributed by atoms with E-state index in [1.165, 1.54) is 23.5 Å². The van der Waals surface area contributed by atoms with Gasteiger partial charge in [-0.2, -0.15) is 4.31 Å². The Labute approximate surface area is 216 Å². The first kappa shape index (κ1) is 26.3. The molecule has 0 amide bonds. The van der Waals surface area contributed by atoms with Crippen molar-refractivity contribution in [2.24, 2.45) is 0 Å². The van der Waals surface area contributed by atoms with Crippen molar-refractivity contribution < 1.29 is 17.9 Å². The molecule has 37 heavy (non-hydrogen) atoms. The number of esters is 1. The summed E-state index contributed by atoms with van der Waals surface area (Å²) in [6, 6.07) is 19.5. The van der Waals surface area contributed by atoms with Crippen LogP contribution >= 0.6 is 0 Å². The minimum atomic E-state index is -4.17. The molecule has 0 spiro atoms. The minimum absolute atomic E-state index is 0.0514. The number of carbonyl (C=O) groups is 1. The largest absolute Gasteiger partial charge is 0.465 e. The maximum atomic E-state index is 14.0. The van der Waals surface area contributed by atoms with Crippen molar-refractivity contribution in [1.82, 2.24) is 9.29 Å². The number of sulfonamides is 1. The lowest BCUT2D eigenvalue weighted by atomic mass is 10.0. The van der Waals surface area contributed by atoms with Gasteiger partial charge < -0.3 is 9.72 Å². The van der Waals surface area contributed by atoms with Crippen LogP contribution in [0.4, 0.5) is 0 Å². The van der Waals surface area contributed by atoms with Gasteiger partial charge in [-0.25, -0.2) is 13.2 Å². The van der Waals surface area contributed by atoms with Crippen LogP contribution in [0.5, 0.6) is 0 Å². The van der Waals surface area contributed by atoms with Crippen molar-refractivity contribution >= 4 is 26.9 Å². The number of aromatic nitrogens is 1. The molecule has 0 radical (unpaired) electrons. The quantitative estimate of drug-likeness (QED) is 0.342. The topological polar surface area (TPSA) is 96.5 Å². The molecule has 0 fully saturated rings. The monoisotopic (exact) mass is 518 g/mol. The third kappa shape index (κ3) is 5.50. The molecule has 0 aliphatic heterocycles. The van der Waals surface area contributed by atoms with Crippen molar-refractivity contribution in [2.45, 2.75) is 38.6 Å². The molecule has 0 saturated carbocycles. The number of ether oxygens (including phenoxy) is 1. The van der Waals surface area contributed by atoms with Crippen molar-refractivity contribution in [2.75, 3.05) is 13.7 Å². The van der Waals surface area contributed by atoms with Crippen LogP contribution in [-0.2, 0) is 27.7 Å². The molecule has 0 atom stereocenters. The van der Waals surface area contributed by atoms with E-state index in [2.05, 4.69) is 4.98 Å². The second-order valence-electron chi connectivity index (χ2n) is 9.18. The van der Waals surface area contributed by atoms with Crippen LogP contribution in [0.15, 0.2) is 76.4 Å². The summed E-state index contributed by atoms with van der Waals surface area (Å²) in [4.78, 5) is 28.2. The van der Waals surface area contributed by atoms with Gasteiger partial charge >= 0.3 is 5.97 Å². The van der Waals surface area contributed by atoms with E-state index in [1.807, 2.05) is 57.2 Å². The maximum absolute atomic E-state index is 14.0. The van der Waals surface area contributed by atoms with Crippen molar-refractivity contribution in [3.05, 3.63) is 110 Å². The molecule has 0 saturated heterocycles. The first-order valence-corrected chi connectivity index (χ1v) is 13.4. The summed E-state index contributed by atoms with van der Waals surface area (Å²) in [6.45, 7) is 5.81. The van der Waals surface area contributed by atoms with Gasteiger partial charge in [0.25, 0.3) is 5.56 Å². The molecule has 0 aliphatic carbocycles. The van der Waals surface area contributed by atoms with E-state index in [0.29, 0.717) is 12.0 Å². The maximum Gasteiger partial charge on any atom is 0.339 e. The molecule has 4 aromatic rings. The zero-order valence-corrected chi connectivity index (χ0v) is 22.2. The van der Waals surface area contributed by atoms with Gasteiger partial charge in [0.15, 0.2) is 0 Å². The third-order valence-corrected chi connectivity index (χ3v) is 8.41. The molecule has 1 N–H and O–H groups in total. The van der Waals surface area contributed by atoms with Gasteiger partial charge in [-0.3, -0.25) is 4.79 Å². The lowest BCUT2D eigenvalue weighted by Crippen LogP contribution is -2.35. The molecule has 192 valence electrons. The summed E-state index contributed by atoms with van der Waals surface area (Å²) in [5.41, 5.74) is 4.61. The van der Waals surface area contributed by atoms with Gasteiger partial charge in [-0.1, -0.05) is 54.1 Å². The van der Waals surface area contributed by atoms with Gasteiger partial charge in [0, 0.05) is 24.0 Å². The predicted octanol–water partition coefficient (Wildman–Crippen LogP) is 4.67. The highest BCUT2D eigenvalue weighted by Crippen LogP contribution is 2.25. The summed E-state index contributed by atoms with van der Waals surface area (Å²) >= 11 is 0. The molecule has 1 aromatic heterocycles. The van der Waals surface area contributed by atoms with Crippen LogP contribution < -0.4 is 5.56 Å². The first-order valence-electron chi connectivity index (χ1n) is 12.0. The average Bonchev–Trinajstić information content (AvgIpc) is 2.88. The van der Waals surface area contributed by atoms with Crippen molar-refractivity contribution in [1.29, 1.82) is 0 Å². The van der Waals surface area contributed by atoms with E-state index in [0.717, 1.165) is 33.2 Å². The smallest absolute Gasteiger partial charge is 0.339 e. The van der Waals surface area contributed by atoms with Gasteiger partial charge in [0.1, 0.15) is 0 Å². The third-order valence-electron chi connectivity index (χ3n) is 6.51. The van der Waals surface area contributed by atoms with E-state index in [9.17, 15) is 18.0 Å². The van der Waals surface area contributed by atoms with E-state index in [1.54, 1.807) is 18.2 Å². The standard InChI is InChI=1S/C29H30N2O5S/c1-19-8-7-9-22(16-19)14-15-31(37(34,35)26-11-6-5-10-24(26)29(33)36-4)18-23-17-25-20(2)12-13-21(3)27(25)30-28(23)32/h5-13,16-17H,14-15,18H2,1-4H3,(H,30,32). The number of aromatic amines is 1. The lowest BCUT2D eigenvalue weighted by Gasteiger charge is -2.23. The number of pyridine rings is 1. The summed E-state index contributed by atoms with van der Waals surface area (Å²) in [5.74, 6) is -0.743. The summed E-state index contributed by atoms with van der Waals surface area (Å²) in [6.07, 6.45) is 0.435. The Bertz CT molecular complexity index is 1640. The number of rotatable bonds is 8. The van der Waals surface area contributed by atoms with Crippen LogP contribution in [0, 0.1) is 20.8 Å². The Kier molecular flexibility index (Phi) is 7.61. The van der Waals surface area contributed by atoms with Crippen LogP contribution in [0.1, 0.15) is 38.2 Å². The highest BCUT2D eigenvalue weighted by atomic mass is 32.2. The molecule has 4 rings (SSSR count). The number of carbonyl (C=O) groups excluding carboxylic acids is 1. The summed E-state index contributed by atoms with van der Waals surface area (Å²) < 4.78 is 34.0. The predicted molar refractivity (Wildman–Crippen MR) is 144 cm³/mol. The SMILES string of the molecule is COC(=O)c1ccccc1S(=O)(=O)N(CCc1cccc(C)c1)Cc1cc2c(C)ccc(C)c2[nH]c1=O. The van der Waals surface area contributed by atoms with Gasteiger partial charge in [0.05, 0.1) is 23.1 Å². The molecule has 7 nitrogen and oxygen atoms in total. The minimum Gasteiger partial charge on any atom is -0.465 e. The molecule has 1 heterocycles. The number of nitrogens with one attached hydrogen (secondary N) is 1. The van der Waals surface area contributed by atoms with E-state index in [-0.39, 0.29) is 29.1 Å². The molecule has 8 heteroatoms. The van der Waals surface area contributed by atoms with Crippen molar-refractivity contribution in [3.8, 4) is 0 Å². The Balaban J connectivity index is 1.80. The Morgan fingerprint density at radius 3 is 2.41 bits per heavy atom. The molecular weight excluding hydrogens is 488 g/mol. The van der Waals surface area contributed by atoms with E-state index >= 15 is 0 Å². The highest BCUT2D eigenvalue weighted by molar-refractivity contribution is 7.89. The van der Waals surface area contributed by atoms with E-state index in [4.69, 9.17) is 4.74 Å². The zero-order chi connectivity index (χ0) is 26.7. The van der Waals surface area contributed by atoms with Gasteiger partial charge in [-0.15, -0.1) is 0 Å². The first-order chi connectivity index (χ1) is 17.6. The zero-order valence-electron chi connectivity index (χ0n) is 21.4. The Hall–Kier alpha value is -3.75. The number of nitrogens with zero attached hydrogens (tertiary/aromatic N) is 1. The Morgan fingerprint density at radius 2 is 1.68 bits per heavy atom. The number of benzene rings is 3. The summed E-state index contributed by atoms with van der Waals surface area (Å²) in [7, 11) is -2.97. The van der Waals surface area contributed by atoms with Gasteiger partial charge in [-0.05, 0) is 62.1 Å². The fraction of sp³-hybridized carbons (Fsp3) is 0.241. The molecule has 0 aliphatic rings. The molecular formula is C29H30N2O5S. The van der Waals surface area contributed by atoms with Crippen LogP contribution in [-0.4, -0.2) is 37.3 Å². The molecule has 0 bridgehead atoms. The van der Waals surface area contributed by atoms with E-state index < -0.39 is 16.0 Å². The number of hydrogen-bond acceptors (Lipinski definition) is 5. The number of hydrogen-bond donors (Lipinski definition) is 1. The Morgan fingerprint density at radius 1 is 0.946 bits per heavy atom. The average molecular weight is 519 g/mol. The number of H-pyrrole nitrogens is 1. The van der Waals surface area contributed by atoms with Gasteiger partial charge in [0.2, 0.25) is 10.0 Å². The number of aryl methyl sites for hydroxylation is 3. The highest BCUT2D eigenvalue weighted by Gasteiger charge is 2.30. The van der Waals surface area contributed by atoms with Crippen LogP contribution in [0.25, 0.3) is 10.9 Å².